The molecule has 4 heteroatoms. The van der Waals surface area contributed by atoms with E-state index in [2.05, 4.69) is 0 Å². The molecule has 0 bridgehead atoms. The fourth-order valence-corrected chi connectivity index (χ4v) is 0.747. The van der Waals surface area contributed by atoms with Gasteiger partial charge in [-0.1, -0.05) is 19.4 Å². The molecule has 0 amide bonds. The summed E-state index contributed by atoms with van der Waals surface area (Å²) in [6, 6.07) is 0. The minimum Gasteiger partial charge on any atom is -0.481 e. The monoisotopic (exact) mass is 200 g/mol. The van der Waals surface area contributed by atoms with Crippen LogP contribution in [-0.4, -0.2) is 23.7 Å². The number of carboxylic acid groups (broad SMARTS) is 1. The van der Waals surface area contributed by atoms with Gasteiger partial charge in [0.05, 0.1) is 13.0 Å². The molecule has 0 atom stereocenters. The fraction of sp³-hybridized carbons (Fsp3) is 0.600. The Morgan fingerprint density at radius 3 is 2.57 bits per heavy atom. The quantitative estimate of drug-likeness (QED) is 0.403. The second kappa shape index (κ2) is 7.12. The molecule has 0 spiro atoms. The maximum atomic E-state index is 11.1. The van der Waals surface area contributed by atoms with Crippen molar-refractivity contribution in [1.29, 1.82) is 0 Å². The smallest absolute Gasteiger partial charge is 0.333 e. The molecule has 0 radical (unpaired) electrons. The van der Waals surface area contributed by atoms with Crippen molar-refractivity contribution in [3.8, 4) is 0 Å². The van der Waals surface area contributed by atoms with Crippen LogP contribution in [0.2, 0.25) is 0 Å². The van der Waals surface area contributed by atoms with E-state index in [1.165, 1.54) is 6.08 Å². The summed E-state index contributed by atoms with van der Waals surface area (Å²) in [6.07, 6.45) is 3.01. The first-order chi connectivity index (χ1) is 6.57. The van der Waals surface area contributed by atoms with Crippen LogP contribution in [0.3, 0.4) is 0 Å². The third-order valence-corrected chi connectivity index (χ3v) is 1.64. The van der Waals surface area contributed by atoms with Gasteiger partial charge in [-0.3, -0.25) is 4.79 Å². The van der Waals surface area contributed by atoms with Crippen LogP contribution in [0.4, 0.5) is 0 Å². The molecule has 0 aromatic carbocycles. The highest BCUT2D eigenvalue weighted by atomic mass is 16.5. The van der Waals surface area contributed by atoms with E-state index < -0.39 is 11.9 Å². The van der Waals surface area contributed by atoms with Gasteiger partial charge in [-0.15, -0.1) is 0 Å². The van der Waals surface area contributed by atoms with Crippen LogP contribution in [-0.2, 0) is 14.3 Å². The van der Waals surface area contributed by atoms with Gasteiger partial charge >= 0.3 is 11.9 Å². The Balaban J connectivity index is 3.86. The zero-order valence-electron chi connectivity index (χ0n) is 8.58. The summed E-state index contributed by atoms with van der Waals surface area (Å²) in [5, 5.41) is 8.36. The molecule has 0 aliphatic carbocycles. The average molecular weight is 200 g/mol. The molecule has 0 saturated heterocycles. The number of carboxylic acids is 1. The lowest BCUT2D eigenvalue weighted by Gasteiger charge is -2.02. The molecule has 0 aliphatic heterocycles. The van der Waals surface area contributed by atoms with E-state index in [1.54, 1.807) is 6.92 Å². The maximum absolute atomic E-state index is 11.1. The highest BCUT2D eigenvalue weighted by Crippen LogP contribution is 2.00. The maximum Gasteiger partial charge on any atom is 0.333 e. The van der Waals surface area contributed by atoms with Crippen molar-refractivity contribution in [2.75, 3.05) is 6.61 Å². The van der Waals surface area contributed by atoms with Gasteiger partial charge in [-0.05, 0) is 13.3 Å². The van der Waals surface area contributed by atoms with Crippen molar-refractivity contribution in [1.82, 2.24) is 0 Å². The topological polar surface area (TPSA) is 63.6 Å². The molecule has 0 heterocycles. The van der Waals surface area contributed by atoms with Gasteiger partial charge in [-0.25, -0.2) is 4.79 Å². The van der Waals surface area contributed by atoms with E-state index in [0.717, 1.165) is 12.8 Å². The van der Waals surface area contributed by atoms with Gasteiger partial charge in [0.25, 0.3) is 0 Å². The number of unbranched alkanes of at least 4 members (excludes halogenated alkanes) is 1. The Hall–Kier alpha value is -1.32. The molecule has 0 saturated carbocycles. The molecule has 4 nitrogen and oxygen atoms in total. The van der Waals surface area contributed by atoms with Crippen molar-refractivity contribution >= 4 is 11.9 Å². The summed E-state index contributed by atoms with van der Waals surface area (Å²) in [7, 11) is 0. The Labute approximate surface area is 83.6 Å². The van der Waals surface area contributed by atoms with E-state index >= 15 is 0 Å². The first kappa shape index (κ1) is 12.7. The van der Waals surface area contributed by atoms with Gasteiger partial charge in [0.15, 0.2) is 0 Å². The summed E-state index contributed by atoms with van der Waals surface area (Å²) < 4.78 is 4.88. The second-order valence-corrected chi connectivity index (χ2v) is 2.97. The molecule has 80 valence electrons. The first-order valence-electron chi connectivity index (χ1n) is 4.63. The van der Waals surface area contributed by atoms with Crippen LogP contribution in [0.5, 0.6) is 0 Å². The summed E-state index contributed by atoms with van der Waals surface area (Å²) in [4.78, 5) is 21.3. The van der Waals surface area contributed by atoms with Gasteiger partial charge in [-0.2, -0.15) is 0 Å². The molecular formula is C10H16O4. The average Bonchev–Trinajstić information content (AvgIpc) is 2.14. The van der Waals surface area contributed by atoms with E-state index in [1.807, 2.05) is 6.92 Å². The Morgan fingerprint density at radius 2 is 2.07 bits per heavy atom. The molecule has 0 aromatic rings. The van der Waals surface area contributed by atoms with Crippen molar-refractivity contribution in [3.05, 3.63) is 11.6 Å². The number of ether oxygens (including phenoxy) is 1. The zero-order chi connectivity index (χ0) is 11.0. The lowest BCUT2D eigenvalue weighted by molar-refractivity contribution is -0.139. The number of carbonyl (C=O) groups excluding carboxylic acids is 1. The largest absolute Gasteiger partial charge is 0.481 e. The highest BCUT2D eigenvalue weighted by molar-refractivity contribution is 5.88. The van der Waals surface area contributed by atoms with Crippen LogP contribution in [0.15, 0.2) is 11.6 Å². The van der Waals surface area contributed by atoms with Crippen molar-refractivity contribution in [3.63, 3.8) is 0 Å². The van der Waals surface area contributed by atoms with Crippen LogP contribution in [0.1, 0.15) is 33.1 Å². The molecule has 14 heavy (non-hydrogen) atoms. The lowest BCUT2D eigenvalue weighted by atomic mass is 10.2. The summed E-state index contributed by atoms with van der Waals surface area (Å²) in [5.41, 5.74) is 0.350. The van der Waals surface area contributed by atoms with Crippen molar-refractivity contribution in [2.45, 2.75) is 33.1 Å². The minimum absolute atomic E-state index is 0.144. The van der Waals surface area contributed by atoms with E-state index in [9.17, 15) is 9.59 Å². The third-order valence-electron chi connectivity index (χ3n) is 1.64. The number of aliphatic carboxylic acids is 1. The Morgan fingerprint density at radius 1 is 1.43 bits per heavy atom. The molecule has 0 unspecified atom stereocenters. The minimum atomic E-state index is -0.953. The molecule has 0 fully saturated rings. The SMILES string of the molecule is CCCCOC(=O)/C(C)=C\CC(=O)O. The van der Waals surface area contributed by atoms with Crippen LogP contribution < -0.4 is 0 Å². The number of rotatable bonds is 6. The normalized spacial score (nSPS) is 11.1. The lowest BCUT2D eigenvalue weighted by Crippen LogP contribution is -2.07. The van der Waals surface area contributed by atoms with E-state index in [4.69, 9.17) is 9.84 Å². The molecule has 0 aliphatic rings. The van der Waals surface area contributed by atoms with Crippen molar-refractivity contribution < 1.29 is 19.4 Å². The fourth-order valence-electron chi connectivity index (χ4n) is 0.747. The predicted molar refractivity (Wildman–Crippen MR) is 51.9 cm³/mol. The van der Waals surface area contributed by atoms with Gasteiger partial charge in [0, 0.05) is 5.57 Å². The zero-order valence-corrected chi connectivity index (χ0v) is 8.58. The standard InChI is InChI=1S/C10H16O4/c1-3-4-7-14-10(13)8(2)5-6-9(11)12/h5H,3-4,6-7H2,1-2H3,(H,11,12)/b8-5-. The van der Waals surface area contributed by atoms with E-state index in [0.29, 0.717) is 12.2 Å². The number of hydrogen-bond donors (Lipinski definition) is 1. The molecule has 1 N–H and O–H groups in total. The Kier molecular flexibility index (Phi) is 6.45. The number of esters is 1. The first-order valence-corrected chi connectivity index (χ1v) is 4.63. The molecular weight excluding hydrogens is 184 g/mol. The van der Waals surface area contributed by atoms with E-state index in [-0.39, 0.29) is 6.42 Å². The predicted octanol–water partition coefficient (Wildman–Crippen LogP) is 1.75. The van der Waals surface area contributed by atoms with Gasteiger partial charge < -0.3 is 9.84 Å². The van der Waals surface area contributed by atoms with Crippen LogP contribution >= 0.6 is 0 Å². The molecule has 0 aromatic heterocycles. The van der Waals surface area contributed by atoms with Gasteiger partial charge in [0.1, 0.15) is 0 Å². The van der Waals surface area contributed by atoms with Crippen LogP contribution in [0.25, 0.3) is 0 Å². The second-order valence-electron chi connectivity index (χ2n) is 2.97. The summed E-state index contributed by atoms with van der Waals surface area (Å²) in [6.45, 7) is 3.95. The molecule has 0 rings (SSSR count). The van der Waals surface area contributed by atoms with Gasteiger partial charge in [0.2, 0.25) is 0 Å². The number of hydrogen-bond acceptors (Lipinski definition) is 3. The highest BCUT2D eigenvalue weighted by Gasteiger charge is 2.05. The van der Waals surface area contributed by atoms with Crippen molar-refractivity contribution in [2.24, 2.45) is 0 Å². The summed E-state index contributed by atoms with van der Waals surface area (Å²) in [5.74, 6) is -1.38. The Bertz CT molecular complexity index is 230. The third kappa shape index (κ3) is 6.22. The number of carbonyl (C=O) groups is 2. The summed E-state index contributed by atoms with van der Waals surface area (Å²) >= 11 is 0. The van der Waals surface area contributed by atoms with Crippen LogP contribution in [0, 0.1) is 0 Å².